The molecule has 0 fully saturated rings. The van der Waals surface area contributed by atoms with E-state index in [1.54, 1.807) is 6.20 Å². The molecule has 2 rings (SSSR count). The zero-order valence-corrected chi connectivity index (χ0v) is 10.4. The van der Waals surface area contributed by atoms with E-state index in [0.29, 0.717) is 18.9 Å². The lowest BCUT2D eigenvalue weighted by molar-refractivity contribution is 0.0948. The molecule has 94 valence electrons. The first-order valence-corrected chi connectivity index (χ1v) is 6.03. The number of nitrogens with zero attached hydrogens (tertiary/aromatic N) is 2. The van der Waals surface area contributed by atoms with Crippen LogP contribution in [-0.4, -0.2) is 21.9 Å². The molecule has 0 aliphatic carbocycles. The average Bonchev–Trinajstić information content (AvgIpc) is 2.88. The van der Waals surface area contributed by atoms with Gasteiger partial charge in [0.15, 0.2) is 5.82 Å². The van der Waals surface area contributed by atoms with Crippen LogP contribution >= 0.6 is 0 Å². The van der Waals surface area contributed by atoms with Gasteiger partial charge < -0.3 is 9.30 Å². The first-order valence-electron chi connectivity index (χ1n) is 6.03. The van der Waals surface area contributed by atoms with Crippen molar-refractivity contribution >= 4 is 5.78 Å². The Hall–Kier alpha value is -2.10. The predicted octanol–water partition coefficient (Wildman–Crippen LogP) is 2.55. The van der Waals surface area contributed by atoms with Crippen LogP contribution in [0.3, 0.4) is 0 Å². The maximum absolute atomic E-state index is 11.9. The number of ether oxygens (including phenoxy) is 1. The second kappa shape index (κ2) is 6.00. The van der Waals surface area contributed by atoms with Gasteiger partial charge in [0, 0.05) is 25.4 Å². The Morgan fingerprint density at radius 2 is 2.11 bits per heavy atom. The van der Waals surface area contributed by atoms with E-state index in [2.05, 4.69) is 4.98 Å². The molecular formula is C14H16N2O2. The van der Waals surface area contributed by atoms with Crippen molar-refractivity contribution in [3.63, 3.8) is 0 Å². The van der Waals surface area contributed by atoms with Gasteiger partial charge in [-0.15, -0.1) is 0 Å². The molecule has 4 heteroatoms. The molecular weight excluding hydrogens is 228 g/mol. The van der Waals surface area contributed by atoms with E-state index in [9.17, 15) is 4.79 Å². The van der Waals surface area contributed by atoms with E-state index in [4.69, 9.17) is 4.74 Å². The highest BCUT2D eigenvalue weighted by atomic mass is 16.5. The largest absolute Gasteiger partial charge is 0.493 e. The first kappa shape index (κ1) is 12.4. The van der Waals surface area contributed by atoms with Gasteiger partial charge in [0.05, 0.1) is 6.61 Å². The highest BCUT2D eigenvalue weighted by Crippen LogP contribution is 2.09. The van der Waals surface area contributed by atoms with E-state index in [1.165, 1.54) is 0 Å². The van der Waals surface area contributed by atoms with Gasteiger partial charge in [0.1, 0.15) is 5.75 Å². The molecule has 0 unspecified atom stereocenters. The first-order chi connectivity index (χ1) is 8.81. The fourth-order valence-corrected chi connectivity index (χ4v) is 1.71. The molecule has 2 aromatic rings. The Labute approximate surface area is 106 Å². The van der Waals surface area contributed by atoms with Crippen molar-refractivity contribution in [1.29, 1.82) is 0 Å². The number of hydrogen-bond acceptors (Lipinski definition) is 3. The summed E-state index contributed by atoms with van der Waals surface area (Å²) in [6.07, 6.45) is 3.80. The van der Waals surface area contributed by atoms with Crippen LogP contribution in [0.4, 0.5) is 0 Å². The predicted molar refractivity (Wildman–Crippen MR) is 68.8 cm³/mol. The van der Waals surface area contributed by atoms with Gasteiger partial charge in [-0.05, 0) is 19.1 Å². The third-order valence-corrected chi connectivity index (χ3v) is 2.65. The molecule has 0 saturated carbocycles. The van der Waals surface area contributed by atoms with Crippen molar-refractivity contribution < 1.29 is 9.53 Å². The van der Waals surface area contributed by atoms with Crippen LogP contribution < -0.4 is 4.74 Å². The van der Waals surface area contributed by atoms with Gasteiger partial charge >= 0.3 is 0 Å². The van der Waals surface area contributed by atoms with E-state index in [-0.39, 0.29) is 5.78 Å². The molecule has 1 aromatic carbocycles. The average molecular weight is 244 g/mol. The van der Waals surface area contributed by atoms with E-state index < -0.39 is 0 Å². The summed E-state index contributed by atoms with van der Waals surface area (Å²) in [7, 11) is 0. The number of aromatic nitrogens is 2. The Kier molecular flexibility index (Phi) is 4.12. The van der Waals surface area contributed by atoms with Crippen molar-refractivity contribution in [3.8, 4) is 5.75 Å². The smallest absolute Gasteiger partial charge is 0.201 e. The minimum atomic E-state index is 0.0118. The molecule has 0 spiro atoms. The second-order valence-electron chi connectivity index (χ2n) is 3.87. The van der Waals surface area contributed by atoms with Gasteiger partial charge in [-0.3, -0.25) is 4.79 Å². The van der Waals surface area contributed by atoms with Crippen molar-refractivity contribution in [2.45, 2.75) is 19.9 Å². The molecule has 0 atom stereocenters. The number of aryl methyl sites for hydroxylation is 1. The number of ketones is 1. The minimum absolute atomic E-state index is 0.0118. The van der Waals surface area contributed by atoms with Crippen LogP contribution in [0.1, 0.15) is 24.0 Å². The second-order valence-corrected chi connectivity index (χ2v) is 3.87. The molecule has 0 N–H and O–H groups in total. The maximum atomic E-state index is 11.9. The summed E-state index contributed by atoms with van der Waals surface area (Å²) >= 11 is 0. The Morgan fingerprint density at radius 3 is 2.83 bits per heavy atom. The van der Waals surface area contributed by atoms with Crippen LogP contribution in [-0.2, 0) is 6.54 Å². The molecule has 0 saturated heterocycles. The van der Waals surface area contributed by atoms with Crippen molar-refractivity contribution in [3.05, 3.63) is 48.5 Å². The molecule has 1 aromatic heterocycles. The van der Waals surface area contributed by atoms with Gasteiger partial charge in [-0.1, -0.05) is 18.2 Å². The number of carbonyl (C=O) groups excluding carboxylic acids is 1. The third-order valence-electron chi connectivity index (χ3n) is 2.65. The number of hydrogen-bond donors (Lipinski definition) is 0. The molecule has 0 aliphatic heterocycles. The van der Waals surface area contributed by atoms with Gasteiger partial charge in [0.25, 0.3) is 0 Å². The lowest BCUT2D eigenvalue weighted by atomic mass is 10.3. The van der Waals surface area contributed by atoms with Crippen LogP contribution in [0.2, 0.25) is 0 Å². The van der Waals surface area contributed by atoms with E-state index in [0.717, 1.165) is 12.3 Å². The number of imidazole rings is 1. The molecule has 0 aliphatic rings. The molecule has 1 heterocycles. The zero-order chi connectivity index (χ0) is 12.8. The van der Waals surface area contributed by atoms with Gasteiger partial charge in [-0.25, -0.2) is 4.98 Å². The molecule has 4 nitrogen and oxygen atoms in total. The lowest BCUT2D eigenvalue weighted by Gasteiger charge is -2.06. The van der Waals surface area contributed by atoms with Gasteiger partial charge in [0.2, 0.25) is 5.78 Å². The number of benzene rings is 1. The summed E-state index contributed by atoms with van der Waals surface area (Å²) in [6.45, 7) is 3.11. The number of para-hydroxylation sites is 1. The topological polar surface area (TPSA) is 44.1 Å². The third kappa shape index (κ3) is 2.97. The number of rotatable bonds is 6. The van der Waals surface area contributed by atoms with E-state index in [1.807, 2.05) is 48.0 Å². The number of Topliss-reactive ketones (excluding diaryl/α,β-unsaturated/α-hetero) is 1. The summed E-state index contributed by atoms with van der Waals surface area (Å²) in [5.74, 6) is 1.30. The fraction of sp³-hybridized carbons (Fsp3) is 0.286. The SMILES string of the molecule is CCn1ccnc1C(=O)CCOc1ccccc1. The normalized spacial score (nSPS) is 10.3. The highest BCUT2D eigenvalue weighted by molar-refractivity contribution is 5.92. The highest BCUT2D eigenvalue weighted by Gasteiger charge is 2.11. The summed E-state index contributed by atoms with van der Waals surface area (Å²) in [5.41, 5.74) is 0. The zero-order valence-electron chi connectivity index (χ0n) is 10.4. The maximum Gasteiger partial charge on any atom is 0.201 e. The monoisotopic (exact) mass is 244 g/mol. The molecule has 0 amide bonds. The van der Waals surface area contributed by atoms with Crippen molar-refractivity contribution in [1.82, 2.24) is 9.55 Å². The summed E-state index contributed by atoms with van der Waals surface area (Å²) < 4.78 is 7.33. The van der Waals surface area contributed by atoms with Gasteiger partial charge in [-0.2, -0.15) is 0 Å². The van der Waals surface area contributed by atoms with Crippen LogP contribution in [0.5, 0.6) is 5.75 Å². The molecule has 0 bridgehead atoms. The van der Waals surface area contributed by atoms with Crippen LogP contribution in [0.25, 0.3) is 0 Å². The van der Waals surface area contributed by atoms with E-state index >= 15 is 0 Å². The Morgan fingerprint density at radius 1 is 1.33 bits per heavy atom. The summed E-state index contributed by atoms with van der Waals surface area (Å²) in [6, 6.07) is 9.48. The van der Waals surface area contributed by atoms with Crippen LogP contribution in [0.15, 0.2) is 42.7 Å². The number of carbonyl (C=O) groups is 1. The molecule has 0 radical (unpaired) electrons. The fourth-order valence-electron chi connectivity index (χ4n) is 1.71. The summed E-state index contributed by atoms with van der Waals surface area (Å²) in [4.78, 5) is 16.0. The summed E-state index contributed by atoms with van der Waals surface area (Å²) in [5, 5.41) is 0. The standard InChI is InChI=1S/C14H16N2O2/c1-2-16-10-9-15-14(16)13(17)8-11-18-12-6-4-3-5-7-12/h3-7,9-10H,2,8,11H2,1H3. The van der Waals surface area contributed by atoms with Crippen LogP contribution in [0, 0.1) is 0 Å². The Balaban J connectivity index is 1.86. The Bertz CT molecular complexity index is 506. The van der Waals surface area contributed by atoms with Crippen molar-refractivity contribution in [2.24, 2.45) is 0 Å². The molecule has 18 heavy (non-hydrogen) atoms. The minimum Gasteiger partial charge on any atom is -0.493 e. The van der Waals surface area contributed by atoms with Crippen molar-refractivity contribution in [2.75, 3.05) is 6.61 Å². The quantitative estimate of drug-likeness (QED) is 0.733. The lowest BCUT2D eigenvalue weighted by Crippen LogP contribution is -2.12.